The third-order valence-corrected chi connectivity index (χ3v) is 5.96. The summed E-state index contributed by atoms with van der Waals surface area (Å²) in [6.45, 7) is 0.421. The third kappa shape index (κ3) is 5.12. The van der Waals surface area contributed by atoms with Crippen molar-refractivity contribution in [2.24, 2.45) is 0 Å². The van der Waals surface area contributed by atoms with Gasteiger partial charge in [-0.15, -0.1) is 0 Å². The van der Waals surface area contributed by atoms with Crippen molar-refractivity contribution >= 4 is 28.3 Å². The lowest BCUT2D eigenvalue weighted by molar-refractivity contribution is 0.0949. The van der Waals surface area contributed by atoms with Crippen LogP contribution in [0.25, 0.3) is 21.9 Å². The van der Waals surface area contributed by atoms with E-state index in [0.29, 0.717) is 23.4 Å². The van der Waals surface area contributed by atoms with E-state index < -0.39 is 0 Å². The summed E-state index contributed by atoms with van der Waals surface area (Å²) in [5, 5.41) is 8.14. The lowest BCUT2D eigenvalue weighted by Gasteiger charge is -2.10. The first-order valence-electron chi connectivity index (χ1n) is 11.5. The predicted molar refractivity (Wildman–Crippen MR) is 141 cm³/mol. The zero-order valence-corrected chi connectivity index (χ0v) is 19.1. The molecule has 0 atom stereocenters. The first-order chi connectivity index (χ1) is 17.2. The molecule has 5 rings (SSSR count). The Labute approximate surface area is 204 Å². The van der Waals surface area contributed by atoms with Crippen molar-refractivity contribution in [2.45, 2.75) is 6.54 Å². The Balaban J connectivity index is 1.24. The molecule has 0 aliphatic rings. The van der Waals surface area contributed by atoms with Crippen LogP contribution in [0.15, 0.2) is 121 Å². The monoisotopic (exact) mass is 456 g/mol. The minimum absolute atomic E-state index is 0.193. The summed E-state index contributed by atoms with van der Waals surface area (Å²) in [4.78, 5) is 25.6. The molecule has 35 heavy (non-hydrogen) atoms. The third-order valence-electron chi connectivity index (χ3n) is 5.96. The van der Waals surface area contributed by atoms with Crippen molar-refractivity contribution in [3.63, 3.8) is 0 Å². The Morgan fingerprint density at radius 2 is 1.26 bits per heavy atom. The molecule has 4 nitrogen and oxygen atoms in total. The first kappa shape index (κ1) is 22.1. The second kappa shape index (κ2) is 10.1. The SMILES string of the molecule is O=C(NCc1cccc2ccccc12)c1cccc(NC(=O)c2ccc(-c3ccccc3)cc2)c1. The summed E-state index contributed by atoms with van der Waals surface area (Å²) in [5.74, 6) is -0.417. The van der Waals surface area contributed by atoms with Gasteiger partial charge in [0.1, 0.15) is 0 Å². The van der Waals surface area contributed by atoms with Crippen LogP contribution in [0.3, 0.4) is 0 Å². The number of benzene rings is 5. The molecule has 0 spiro atoms. The number of carbonyl (C=O) groups excluding carboxylic acids is 2. The molecule has 4 heteroatoms. The van der Waals surface area contributed by atoms with Crippen molar-refractivity contribution < 1.29 is 9.59 Å². The van der Waals surface area contributed by atoms with Crippen LogP contribution in [0.2, 0.25) is 0 Å². The molecule has 5 aromatic carbocycles. The molecule has 0 fully saturated rings. The predicted octanol–water partition coefficient (Wildman–Crippen LogP) is 6.69. The van der Waals surface area contributed by atoms with Crippen molar-refractivity contribution in [1.29, 1.82) is 0 Å². The van der Waals surface area contributed by atoms with Crippen LogP contribution in [0.1, 0.15) is 26.3 Å². The van der Waals surface area contributed by atoms with E-state index in [0.717, 1.165) is 27.5 Å². The molecule has 2 amide bonds. The average Bonchev–Trinajstić information content (AvgIpc) is 2.92. The number of amides is 2. The number of anilines is 1. The van der Waals surface area contributed by atoms with E-state index in [2.05, 4.69) is 28.8 Å². The lowest BCUT2D eigenvalue weighted by Crippen LogP contribution is -2.23. The Morgan fingerprint density at radius 1 is 0.571 bits per heavy atom. The molecule has 0 aliphatic carbocycles. The maximum Gasteiger partial charge on any atom is 0.255 e. The molecular formula is C31H24N2O2. The van der Waals surface area contributed by atoms with Gasteiger partial charge in [0.05, 0.1) is 0 Å². The zero-order valence-electron chi connectivity index (χ0n) is 19.1. The summed E-state index contributed by atoms with van der Waals surface area (Å²) in [6, 6.07) is 38.6. The molecule has 0 saturated carbocycles. The van der Waals surface area contributed by atoms with Gasteiger partial charge in [-0.25, -0.2) is 0 Å². The van der Waals surface area contributed by atoms with Crippen molar-refractivity contribution in [2.75, 3.05) is 5.32 Å². The largest absolute Gasteiger partial charge is 0.348 e. The highest BCUT2D eigenvalue weighted by atomic mass is 16.2. The summed E-state index contributed by atoms with van der Waals surface area (Å²) in [6.07, 6.45) is 0. The molecule has 170 valence electrons. The minimum Gasteiger partial charge on any atom is -0.348 e. The number of nitrogens with one attached hydrogen (secondary N) is 2. The molecule has 0 aromatic heterocycles. The van der Waals surface area contributed by atoms with Crippen molar-refractivity contribution in [3.05, 3.63) is 138 Å². The Hall–Kier alpha value is -4.70. The van der Waals surface area contributed by atoms with E-state index in [1.165, 1.54) is 0 Å². The van der Waals surface area contributed by atoms with Gasteiger partial charge in [-0.3, -0.25) is 9.59 Å². The van der Waals surface area contributed by atoms with E-state index in [9.17, 15) is 9.59 Å². The zero-order chi connectivity index (χ0) is 24.0. The van der Waals surface area contributed by atoms with Crippen LogP contribution in [0.4, 0.5) is 5.69 Å². The molecule has 0 bridgehead atoms. The molecule has 0 radical (unpaired) electrons. The van der Waals surface area contributed by atoms with Gasteiger partial charge in [-0.1, -0.05) is 91.0 Å². The fourth-order valence-corrected chi connectivity index (χ4v) is 4.11. The highest BCUT2D eigenvalue weighted by molar-refractivity contribution is 6.05. The topological polar surface area (TPSA) is 58.2 Å². The van der Waals surface area contributed by atoms with Gasteiger partial charge >= 0.3 is 0 Å². The highest BCUT2D eigenvalue weighted by Gasteiger charge is 2.10. The Kier molecular flexibility index (Phi) is 6.35. The number of fused-ring (bicyclic) bond motifs is 1. The second-order valence-corrected chi connectivity index (χ2v) is 8.30. The number of hydrogen-bond acceptors (Lipinski definition) is 2. The molecule has 0 heterocycles. The van der Waals surface area contributed by atoms with Gasteiger partial charge in [0.25, 0.3) is 11.8 Å². The quantitative estimate of drug-likeness (QED) is 0.299. The summed E-state index contributed by atoms with van der Waals surface area (Å²) in [7, 11) is 0. The molecular weight excluding hydrogens is 432 g/mol. The van der Waals surface area contributed by atoms with Crippen LogP contribution >= 0.6 is 0 Å². The van der Waals surface area contributed by atoms with E-state index >= 15 is 0 Å². The van der Waals surface area contributed by atoms with Crippen molar-refractivity contribution in [1.82, 2.24) is 5.32 Å². The molecule has 0 unspecified atom stereocenters. The van der Waals surface area contributed by atoms with Crippen LogP contribution in [-0.2, 0) is 6.54 Å². The summed E-state index contributed by atoms with van der Waals surface area (Å²) < 4.78 is 0. The van der Waals surface area contributed by atoms with Gasteiger partial charge in [0.15, 0.2) is 0 Å². The van der Waals surface area contributed by atoms with Crippen LogP contribution in [0.5, 0.6) is 0 Å². The Morgan fingerprint density at radius 3 is 2.09 bits per heavy atom. The van der Waals surface area contributed by atoms with E-state index in [1.807, 2.05) is 66.7 Å². The van der Waals surface area contributed by atoms with Gasteiger partial charge in [-0.05, 0) is 57.8 Å². The summed E-state index contributed by atoms with van der Waals surface area (Å²) >= 11 is 0. The second-order valence-electron chi connectivity index (χ2n) is 8.30. The van der Waals surface area contributed by atoms with E-state index in [1.54, 1.807) is 36.4 Å². The van der Waals surface area contributed by atoms with E-state index in [4.69, 9.17) is 0 Å². The maximum absolute atomic E-state index is 12.8. The molecule has 5 aromatic rings. The fraction of sp³-hybridized carbons (Fsp3) is 0.0323. The van der Waals surface area contributed by atoms with Crippen LogP contribution in [-0.4, -0.2) is 11.8 Å². The number of rotatable bonds is 6. The number of hydrogen-bond donors (Lipinski definition) is 2. The summed E-state index contributed by atoms with van der Waals surface area (Å²) in [5.41, 5.74) is 4.81. The minimum atomic E-state index is -0.224. The number of carbonyl (C=O) groups is 2. The van der Waals surface area contributed by atoms with Crippen molar-refractivity contribution in [3.8, 4) is 11.1 Å². The smallest absolute Gasteiger partial charge is 0.255 e. The molecule has 0 saturated heterocycles. The van der Waals surface area contributed by atoms with Gasteiger partial charge in [0, 0.05) is 23.4 Å². The Bertz CT molecular complexity index is 1490. The standard InChI is InChI=1S/C31H24N2O2/c34-30(32-21-27-13-6-11-24-10-4-5-15-29(24)27)26-12-7-14-28(20-26)33-31(35)25-18-16-23(17-19-25)22-8-2-1-3-9-22/h1-20H,21H2,(H,32,34)(H,33,35). The van der Waals surface area contributed by atoms with Gasteiger partial charge in [0.2, 0.25) is 0 Å². The molecule has 0 aliphatic heterocycles. The van der Waals surface area contributed by atoms with E-state index in [-0.39, 0.29) is 11.8 Å². The normalized spacial score (nSPS) is 10.6. The average molecular weight is 457 g/mol. The first-order valence-corrected chi connectivity index (χ1v) is 11.5. The van der Waals surface area contributed by atoms with Gasteiger partial charge in [-0.2, -0.15) is 0 Å². The van der Waals surface area contributed by atoms with Gasteiger partial charge < -0.3 is 10.6 Å². The van der Waals surface area contributed by atoms with Crippen LogP contribution in [0, 0.1) is 0 Å². The molecule has 2 N–H and O–H groups in total. The maximum atomic E-state index is 12.8. The fourth-order valence-electron chi connectivity index (χ4n) is 4.11. The lowest BCUT2D eigenvalue weighted by atomic mass is 10.0. The highest BCUT2D eigenvalue weighted by Crippen LogP contribution is 2.21. The van der Waals surface area contributed by atoms with Crippen LogP contribution < -0.4 is 10.6 Å².